The highest BCUT2D eigenvalue weighted by Gasteiger charge is 2.14. The fraction of sp³-hybridized carbons (Fsp3) is 0.545. The SMILES string of the molecule is CCC(C)(C)CNc1cncc(N)c1. The van der Waals surface area contributed by atoms with Gasteiger partial charge in [-0.05, 0) is 17.9 Å². The van der Waals surface area contributed by atoms with Gasteiger partial charge in [0.05, 0.1) is 17.6 Å². The van der Waals surface area contributed by atoms with Crippen molar-refractivity contribution in [2.45, 2.75) is 27.2 Å². The summed E-state index contributed by atoms with van der Waals surface area (Å²) in [5.41, 5.74) is 7.63. The van der Waals surface area contributed by atoms with Gasteiger partial charge in [-0.25, -0.2) is 0 Å². The van der Waals surface area contributed by atoms with Crippen molar-refractivity contribution >= 4 is 11.4 Å². The number of nitrogens with one attached hydrogen (secondary N) is 1. The van der Waals surface area contributed by atoms with E-state index in [0.717, 1.165) is 18.7 Å². The highest BCUT2D eigenvalue weighted by atomic mass is 14.9. The molecule has 3 nitrogen and oxygen atoms in total. The molecule has 0 fully saturated rings. The van der Waals surface area contributed by atoms with Gasteiger partial charge in [-0.3, -0.25) is 4.98 Å². The molecule has 0 saturated heterocycles. The molecule has 0 radical (unpaired) electrons. The third-order valence-electron chi connectivity index (χ3n) is 2.49. The molecule has 0 amide bonds. The summed E-state index contributed by atoms with van der Waals surface area (Å²) in [4.78, 5) is 4.02. The van der Waals surface area contributed by atoms with Crippen molar-refractivity contribution in [3.8, 4) is 0 Å². The van der Waals surface area contributed by atoms with Crippen molar-refractivity contribution in [3.05, 3.63) is 18.5 Å². The first kappa shape index (κ1) is 10.8. The summed E-state index contributed by atoms with van der Waals surface area (Å²) in [6.07, 6.45) is 4.59. The second-order valence-electron chi connectivity index (χ2n) is 4.38. The molecule has 1 aromatic heterocycles. The van der Waals surface area contributed by atoms with E-state index in [0.29, 0.717) is 11.1 Å². The van der Waals surface area contributed by atoms with Crippen LogP contribution in [-0.4, -0.2) is 11.5 Å². The van der Waals surface area contributed by atoms with Crippen LogP contribution in [0.3, 0.4) is 0 Å². The molecule has 0 atom stereocenters. The van der Waals surface area contributed by atoms with E-state index in [2.05, 4.69) is 31.1 Å². The van der Waals surface area contributed by atoms with Gasteiger partial charge in [-0.2, -0.15) is 0 Å². The molecule has 0 spiro atoms. The van der Waals surface area contributed by atoms with Gasteiger partial charge in [-0.1, -0.05) is 20.8 Å². The number of hydrogen-bond donors (Lipinski definition) is 2. The zero-order valence-corrected chi connectivity index (χ0v) is 9.17. The lowest BCUT2D eigenvalue weighted by atomic mass is 9.90. The Hall–Kier alpha value is -1.25. The molecule has 1 heterocycles. The van der Waals surface area contributed by atoms with E-state index in [4.69, 9.17) is 5.73 Å². The van der Waals surface area contributed by atoms with Gasteiger partial charge < -0.3 is 11.1 Å². The Morgan fingerprint density at radius 1 is 1.43 bits per heavy atom. The highest BCUT2D eigenvalue weighted by Crippen LogP contribution is 2.20. The average Bonchev–Trinajstić information content (AvgIpc) is 2.15. The van der Waals surface area contributed by atoms with E-state index < -0.39 is 0 Å². The number of nitrogens with zero attached hydrogens (tertiary/aromatic N) is 1. The van der Waals surface area contributed by atoms with E-state index in [1.165, 1.54) is 0 Å². The number of hydrogen-bond acceptors (Lipinski definition) is 3. The minimum absolute atomic E-state index is 0.310. The van der Waals surface area contributed by atoms with Gasteiger partial charge in [-0.15, -0.1) is 0 Å². The quantitative estimate of drug-likeness (QED) is 0.772. The molecule has 3 N–H and O–H groups in total. The Morgan fingerprint density at radius 3 is 2.71 bits per heavy atom. The normalized spacial score (nSPS) is 11.4. The summed E-state index contributed by atoms with van der Waals surface area (Å²) in [6, 6.07) is 1.90. The van der Waals surface area contributed by atoms with Gasteiger partial charge in [0.1, 0.15) is 0 Å². The molecule has 1 aromatic rings. The van der Waals surface area contributed by atoms with Crippen LogP contribution >= 0.6 is 0 Å². The molecular weight excluding hydrogens is 174 g/mol. The first-order valence-corrected chi connectivity index (χ1v) is 4.98. The van der Waals surface area contributed by atoms with Gasteiger partial charge >= 0.3 is 0 Å². The summed E-state index contributed by atoms with van der Waals surface area (Å²) in [5, 5.41) is 3.33. The number of nitrogens with two attached hydrogens (primary N) is 1. The van der Waals surface area contributed by atoms with Crippen LogP contribution in [0.1, 0.15) is 27.2 Å². The Labute approximate surface area is 85.7 Å². The predicted octanol–water partition coefficient (Wildman–Crippen LogP) is 2.51. The van der Waals surface area contributed by atoms with Crippen molar-refractivity contribution in [3.63, 3.8) is 0 Å². The molecule has 78 valence electrons. The topological polar surface area (TPSA) is 50.9 Å². The molecule has 0 aliphatic heterocycles. The number of pyridine rings is 1. The minimum atomic E-state index is 0.310. The zero-order chi connectivity index (χ0) is 10.6. The lowest BCUT2D eigenvalue weighted by Gasteiger charge is -2.23. The van der Waals surface area contributed by atoms with E-state index in [9.17, 15) is 0 Å². The largest absolute Gasteiger partial charge is 0.397 e. The Kier molecular flexibility index (Phi) is 3.33. The smallest absolute Gasteiger partial charge is 0.0547 e. The maximum absolute atomic E-state index is 5.63. The summed E-state index contributed by atoms with van der Waals surface area (Å²) < 4.78 is 0. The molecule has 1 rings (SSSR count). The molecule has 3 heteroatoms. The molecule has 0 aliphatic rings. The van der Waals surface area contributed by atoms with Crippen molar-refractivity contribution in [1.82, 2.24) is 4.98 Å². The van der Waals surface area contributed by atoms with E-state index in [-0.39, 0.29) is 0 Å². The Balaban J connectivity index is 2.54. The molecule has 0 aromatic carbocycles. The average molecular weight is 193 g/mol. The fourth-order valence-corrected chi connectivity index (χ4v) is 1.02. The van der Waals surface area contributed by atoms with Crippen LogP contribution in [0.5, 0.6) is 0 Å². The summed E-state index contributed by atoms with van der Waals surface area (Å²) in [6.45, 7) is 7.60. The van der Waals surface area contributed by atoms with Crippen molar-refractivity contribution in [2.75, 3.05) is 17.6 Å². The lowest BCUT2D eigenvalue weighted by molar-refractivity contribution is 0.377. The van der Waals surface area contributed by atoms with E-state index >= 15 is 0 Å². The first-order valence-electron chi connectivity index (χ1n) is 4.98. The molecule has 14 heavy (non-hydrogen) atoms. The third kappa shape index (κ3) is 3.24. The number of aromatic nitrogens is 1. The minimum Gasteiger partial charge on any atom is -0.397 e. The van der Waals surface area contributed by atoms with Crippen LogP contribution in [0, 0.1) is 5.41 Å². The lowest BCUT2D eigenvalue weighted by Crippen LogP contribution is -2.22. The Bertz CT molecular complexity index is 294. The van der Waals surface area contributed by atoms with Crippen molar-refractivity contribution in [1.29, 1.82) is 0 Å². The molecule has 0 aliphatic carbocycles. The van der Waals surface area contributed by atoms with Crippen LogP contribution in [0.15, 0.2) is 18.5 Å². The number of nitrogen functional groups attached to an aromatic ring is 1. The summed E-state index contributed by atoms with van der Waals surface area (Å²) in [7, 11) is 0. The molecule has 0 unspecified atom stereocenters. The second-order valence-corrected chi connectivity index (χ2v) is 4.38. The van der Waals surface area contributed by atoms with Crippen LogP contribution < -0.4 is 11.1 Å². The van der Waals surface area contributed by atoms with Gasteiger partial charge in [0, 0.05) is 12.7 Å². The van der Waals surface area contributed by atoms with Crippen LogP contribution in [0.4, 0.5) is 11.4 Å². The summed E-state index contributed by atoms with van der Waals surface area (Å²) >= 11 is 0. The second kappa shape index (κ2) is 4.31. The molecule has 0 saturated carbocycles. The predicted molar refractivity (Wildman–Crippen MR) is 61.2 cm³/mol. The first-order chi connectivity index (χ1) is 6.53. The number of rotatable bonds is 4. The maximum atomic E-state index is 5.63. The van der Waals surface area contributed by atoms with Crippen LogP contribution in [-0.2, 0) is 0 Å². The standard InChI is InChI=1S/C11H19N3/c1-4-11(2,3)8-14-10-5-9(12)6-13-7-10/h5-7,14H,4,8,12H2,1-3H3. The van der Waals surface area contributed by atoms with Gasteiger partial charge in [0.15, 0.2) is 0 Å². The van der Waals surface area contributed by atoms with Crippen molar-refractivity contribution in [2.24, 2.45) is 5.41 Å². The number of anilines is 2. The van der Waals surface area contributed by atoms with E-state index in [1.54, 1.807) is 12.4 Å². The van der Waals surface area contributed by atoms with Crippen molar-refractivity contribution < 1.29 is 0 Å². The van der Waals surface area contributed by atoms with Gasteiger partial charge in [0.25, 0.3) is 0 Å². The fourth-order valence-electron chi connectivity index (χ4n) is 1.02. The summed E-state index contributed by atoms with van der Waals surface area (Å²) in [5.74, 6) is 0. The maximum Gasteiger partial charge on any atom is 0.0547 e. The molecular formula is C11H19N3. The highest BCUT2D eigenvalue weighted by molar-refractivity contribution is 5.51. The van der Waals surface area contributed by atoms with E-state index in [1.807, 2.05) is 6.07 Å². The van der Waals surface area contributed by atoms with Gasteiger partial charge in [0.2, 0.25) is 0 Å². The third-order valence-corrected chi connectivity index (χ3v) is 2.49. The zero-order valence-electron chi connectivity index (χ0n) is 9.17. The van der Waals surface area contributed by atoms with Crippen LogP contribution in [0.25, 0.3) is 0 Å². The molecule has 0 bridgehead atoms. The Morgan fingerprint density at radius 2 is 2.14 bits per heavy atom. The van der Waals surface area contributed by atoms with Crippen LogP contribution in [0.2, 0.25) is 0 Å². The monoisotopic (exact) mass is 193 g/mol.